The summed E-state index contributed by atoms with van der Waals surface area (Å²) in [6, 6.07) is 3.95. The molecule has 0 aliphatic carbocycles. The lowest BCUT2D eigenvalue weighted by Crippen LogP contribution is -2.06. The number of nitrogens with zero attached hydrogens (tertiary/aromatic N) is 6. The van der Waals surface area contributed by atoms with E-state index in [2.05, 4.69) is 33.9 Å². The molecular weight excluding hydrogens is 352 g/mol. The zero-order valence-corrected chi connectivity index (χ0v) is 16.2. The van der Waals surface area contributed by atoms with Crippen molar-refractivity contribution in [2.45, 2.75) is 26.8 Å². The number of rotatable bonds is 6. The Hall–Kier alpha value is -3.35. The summed E-state index contributed by atoms with van der Waals surface area (Å²) in [5.74, 6) is 0.495. The van der Waals surface area contributed by atoms with E-state index in [0.717, 1.165) is 34.4 Å². The van der Waals surface area contributed by atoms with Crippen LogP contribution in [-0.4, -0.2) is 35.1 Å². The summed E-state index contributed by atoms with van der Waals surface area (Å²) in [4.78, 5) is 25.7. The van der Waals surface area contributed by atoms with Gasteiger partial charge in [0, 0.05) is 43.3 Å². The summed E-state index contributed by atoms with van der Waals surface area (Å²) in [7, 11) is 1.93. The maximum Gasteiger partial charge on any atom is 0.171 e. The van der Waals surface area contributed by atoms with E-state index in [1.807, 2.05) is 34.6 Å². The Morgan fingerprint density at radius 3 is 2.64 bits per heavy atom. The van der Waals surface area contributed by atoms with E-state index < -0.39 is 0 Å². The van der Waals surface area contributed by atoms with Gasteiger partial charge in [-0.2, -0.15) is 5.10 Å². The van der Waals surface area contributed by atoms with Crippen LogP contribution in [0.25, 0.3) is 22.2 Å². The molecule has 0 saturated carbocycles. The highest BCUT2D eigenvalue weighted by Crippen LogP contribution is 2.22. The molecule has 0 aliphatic heterocycles. The van der Waals surface area contributed by atoms with Crippen LogP contribution < -0.4 is 0 Å². The Kier molecular flexibility index (Phi) is 4.73. The summed E-state index contributed by atoms with van der Waals surface area (Å²) >= 11 is 0. The first kappa shape index (κ1) is 18.0. The van der Waals surface area contributed by atoms with Crippen LogP contribution in [0.5, 0.6) is 0 Å². The molecule has 0 spiro atoms. The van der Waals surface area contributed by atoms with Gasteiger partial charge in [-0.05, 0) is 23.4 Å². The molecule has 0 bridgehead atoms. The SMILES string of the molecule is CC(C)Cn1cc(C(=O)Cc2cc3cc(-c4cncn4C)ncc3cn2)cn1. The van der Waals surface area contributed by atoms with Crippen molar-refractivity contribution in [3.8, 4) is 11.4 Å². The van der Waals surface area contributed by atoms with Gasteiger partial charge in [0.1, 0.15) is 0 Å². The van der Waals surface area contributed by atoms with Gasteiger partial charge in [0.15, 0.2) is 5.78 Å². The quantitative estimate of drug-likeness (QED) is 0.484. The fourth-order valence-electron chi connectivity index (χ4n) is 3.17. The lowest BCUT2D eigenvalue weighted by atomic mass is 10.1. The molecule has 142 valence electrons. The summed E-state index contributed by atoms with van der Waals surface area (Å²) in [6.45, 7) is 5.04. The number of aromatic nitrogens is 6. The van der Waals surface area contributed by atoms with E-state index in [-0.39, 0.29) is 12.2 Å². The van der Waals surface area contributed by atoms with Crippen molar-refractivity contribution in [2.75, 3.05) is 0 Å². The molecule has 0 fully saturated rings. The monoisotopic (exact) mass is 374 g/mol. The Morgan fingerprint density at radius 2 is 1.89 bits per heavy atom. The minimum atomic E-state index is 0.0165. The normalized spacial score (nSPS) is 11.4. The van der Waals surface area contributed by atoms with Gasteiger partial charge < -0.3 is 4.57 Å². The molecule has 28 heavy (non-hydrogen) atoms. The molecular formula is C21H22N6O. The standard InChI is InChI=1S/C21H22N6O/c1-14(2)11-27-12-17(9-25-27)21(28)6-18-4-15-5-19(20-10-22-13-26(20)3)24-8-16(15)7-23-18/h4-5,7-10,12-14H,6,11H2,1-3H3. The molecule has 0 N–H and O–H groups in total. The smallest absolute Gasteiger partial charge is 0.171 e. The van der Waals surface area contributed by atoms with Crippen LogP contribution in [0.3, 0.4) is 0 Å². The zero-order valence-electron chi connectivity index (χ0n) is 16.2. The third kappa shape index (κ3) is 3.69. The van der Waals surface area contributed by atoms with Gasteiger partial charge in [0.25, 0.3) is 0 Å². The van der Waals surface area contributed by atoms with Crippen molar-refractivity contribution >= 4 is 16.6 Å². The van der Waals surface area contributed by atoms with E-state index in [1.165, 1.54) is 0 Å². The molecule has 0 aliphatic rings. The van der Waals surface area contributed by atoms with Gasteiger partial charge in [-0.25, -0.2) is 4.98 Å². The zero-order chi connectivity index (χ0) is 19.7. The average Bonchev–Trinajstić information content (AvgIpc) is 3.29. The van der Waals surface area contributed by atoms with E-state index in [1.54, 1.807) is 31.1 Å². The second-order valence-electron chi connectivity index (χ2n) is 7.43. The molecule has 0 unspecified atom stereocenters. The summed E-state index contributed by atoms with van der Waals surface area (Å²) in [6.07, 6.45) is 10.8. The topological polar surface area (TPSA) is 78.5 Å². The number of carbonyl (C=O) groups excluding carboxylic acids is 1. The van der Waals surface area contributed by atoms with Gasteiger partial charge >= 0.3 is 0 Å². The van der Waals surface area contributed by atoms with E-state index in [9.17, 15) is 4.79 Å². The minimum Gasteiger partial charge on any atom is -0.332 e. The van der Waals surface area contributed by atoms with Crippen LogP contribution in [0, 0.1) is 5.92 Å². The molecule has 0 atom stereocenters. The Balaban J connectivity index is 1.57. The molecule has 7 heteroatoms. The number of aryl methyl sites for hydroxylation is 1. The number of hydrogen-bond donors (Lipinski definition) is 0. The number of pyridine rings is 2. The van der Waals surface area contributed by atoms with Gasteiger partial charge in [0.2, 0.25) is 0 Å². The van der Waals surface area contributed by atoms with E-state index in [0.29, 0.717) is 11.5 Å². The fourth-order valence-corrected chi connectivity index (χ4v) is 3.17. The van der Waals surface area contributed by atoms with Crippen molar-refractivity contribution in [1.29, 1.82) is 0 Å². The van der Waals surface area contributed by atoms with Gasteiger partial charge in [0.05, 0.1) is 42.1 Å². The van der Waals surface area contributed by atoms with Crippen LogP contribution in [0.2, 0.25) is 0 Å². The lowest BCUT2D eigenvalue weighted by molar-refractivity contribution is 0.0992. The van der Waals surface area contributed by atoms with Crippen LogP contribution >= 0.6 is 0 Å². The number of ketones is 1. The predicted molar refractivity (Wildman–Crippen MR) is 107 cm³/mol. The molecule has 4 rings (SSSR count). The number of imidazole rings is 1. The third-order valence-electron chi connectivity index (χ3n) is 4.59. The number of fused-ring (bicyclic) bond motifs is 1. The Morgan fingerprint density at radius 1 is 1.07 bits per heavy atom. The van der Waals surface area contributed by atoms with E-state index in [4.69, 9.17) is 0 Å². The second kappa shape index (κ2) is 7.34. The van der Waals surface area contributed by atoms with Gasteiger partial charge in [-0.3, -0.25) is 19.4 Å². The first-order valence-corrected chi connectivity index (χ1v) is 9.26. The summed E-state index contributed by atoms with van der Waals surface area (Å²) in [5, 5.41) is 6.21. The van der Waals surface area contributed by atoms with Gasteiger partial charge in [-0.15, -0.1) is 0 Å². The maximum atomic E-state index is 12.6. The molecule has 4 heterocycles. The maximum absolute atomic E-state index is 12.6. The van der Waals surface area contributed by atoms with Crippen LogP contribution in [0.4, 0.5) is 0 Å². The largest absolute Gasteiger partial charge is 0.332 e. The Labute approximate surface area is 163 Å². The molecule has 4 aromatic heterocycles. The molecule has 0 amide bonds. The van der Waals surface area contributed by atoms with Crippen molar-refractivity contribution in [1.82, 2.24) is 29.3 Å². The average molecular weight is 374 g/mol. The van der Waals surface area contributed by atoms with Crippen molar-refractivity contribution in [2.24, 2.45) is 13.0 Å². The van der Waals surface area contributed by atoms with Crippen LogP contribution in [-0.2, 0) is 20.0 Å². The molecule has 7 nitrogen and oxygen atoms in total. The number of hydrogen-bond acceptors (Lipinski definition) is 5. The third-order valence-corrected chi connectivity index (χ3v) is 4.59. The van der Waals surface area contributed by atoms with Gasteiger partial charge in [-0.1, -0.05) is 13.8 Å². The van der Waals surface area contributed by atoms with E-state index >= 15 is 0 Å². The minimum absolute atomic E-state index is 0.0165. The molecule has 0 aromatic carbocycles. The summed E-state index contributed by atoms with van der Waals surface area (Å²) in [5.41, 5.74) is 3.13. The first-order chi connectivity index (χ1) is 13.5. The van der Waals surface area contributed by atoms with Crippen LogP contribution in [0.1, 0.15) is 29.9 Å². The predicted octanol–water partition coefficient (Wildman–Crippen LogP) is 3.31. The van der Waals surface area contributed by atoms with Crippen molar-refractivity contribution in [3.63, 3.8) is 0 Å². The van der Waals surface area contributed by atoms with Crippen molar-refractivity contribution in [3.05, 3.63) is 60.7 Å². The fraction of sp³-hybridized carbons (Fsp3) is 0.286. The lowest BCUT2D eigenvalue weighted by Gasteiger charge is -2.05. The van der Waals surface area contributed by atoms with Crippen LogP contribution in [0.15, 0.2) is 49.4 Å². The first-order valence-electron chi connectivity index (χ1n) is 9.26. The number of Topliss-reactive ketones (excluding diaryl/α,β-unsaturated/α-hetero) is 1. The molecule has 0 radical (unpaired) electrons. The highest BCUT2D eigenvalue weighted by molar-refractivity contribution is 5.97. The molecule has 0 saturated heterocycles. The molecule has 4 aromatic rings. The summed E-state index contributed by atoms with van der Waals surface area (Å²) < 4.78 is 3.74. The van der Waals surface area contributed by atoms with Crippen molar-refractivity contribution < 1.29 is 4.79 Å². The highest BCUT2D eigenvalue weighted by Gasteiger charge is 2.12. The highest BCUT2D eigenvalue weighted by atomic mass is 16.1. The second-order valence-corrected chi connectivity index (χ2v) is 7.43. The Bertz CT molecular complexity index is 1140. The number of carbonyl (C=O) groups is 1.